The van der Waals surface area contributed by atoms with Gasteiger partial charge in [-0.3, -0.25) is 0 Å². The molecule has 19 aromatic carbocycles. The molecule has 1 saturated carbocycles. The van der Waals surface area contributed by atoms with E-state index in [0.717, 1.165) is 12.3 Å². The Morgan fingerprint density at radius 2 is 0.714 bits per heavy atom. The summed E-state index contributed by atoms with van der Waals surface area (Å²) in [4.78, 5) is 3.50. The molecule has 5 heteroatoms. The van der Waals surface area contributed by atoms with Crippen LogP contribution in [0.25, 0.3) is 196 Å². The predicted octanol–water partition coefficient (Wildman–Crippen LogP) is 30.9. The zero-order valence-electron chi connectivity index (χ0n) is 68.4. The van der Waals surface area contributed by atoms with E-state index < -0.39 is 0 Å². The van der Waals surface area contributed by atoms with Gasteiger partial charge in [-0.1, -0.05) is 308 Å². The van der Waals surface area contributed by atoms with Gasteiger partial charge in [-0.25, -0.2) is 0 Å². The smallest absolute Gasteiger partial charge is 0.0568 e. The third-order valence-electron chi connectivity index (χ3n) is 26.6. The van der Waals surface area contributed by atoms with Crippen LogP contribution in [0.5, 0.6) is 0 Å². The molecule has 0 amide bonds. The molecule has 2 aliphatic carbocycles. The number of fused-ring (bicyclic) bond motifs is 34. The third kappa shape index (κ3) is 11.9. The van der Waals surface area contributed by atoms with E-state index in [1.165, 1.54) is 255 Å². The molecule has 1 N–H and O–H groups in total. The molecule has 0 bridgehead atoms. The summed E-state index contributed by atoms with van der Waals surface area (Å²) >= 11 is 0. The lowest BCUT2D eigenvalue weighted by Crippen LogP contribution is -2.15. The SMILES string of the molecule is Cc1cc2c3c(c1)c1ccccc1n3C1CCCCC21.Cc1ccc2[nH]c3ccc4ccccc4c3c2c1.Cc1ccc2c(c1)-c1c(ccc3ccccc13)C2.Cc1ccc2c(c1)c1c3ccccc3ccc1n2C.Cn1c2cc3ccccc3cc2c2ccc3ccccc3c21.Cn1c2ccc3ccccc3c2c2c3ccccc3ccc21. The summed E-state index contributed by atoms with van der Waals surface area (Å²) in [6.07, 6.45) is 6.60. The van der Waals surface area contributed by atoms with Gasteiger partial charge < -0.3 is 23.3 Å². The highest BCUT2D eigenvalue weighted by Gasteiger charge is 2.38. The quantitative estimate of drug-likeness (QED) is 0.157. The summed E-state index contributed by atoms with van der Waals surface area (Å²) < 4.78 is 9.60. The average Bonchev–Trinajstić information content (AvgIpc) is 1.54. The highest BCUT2D eigenvalue weighted by molar-refractivity contribution is 6.29. The van der Waals surface area contributed by atoms with Gasteiger partial charge in [0.2, 0.25) is 0 Å². The summed E-state index contributed by atoms with van der Waals surface area (Å²) in [5.74, 6) is 0.769. The summed E-state index contributed by atoms with van der Waals surface area (Å²) in [5, 5.41) is 32.2. The van der Waals surface area contributed by atoms with Crippen LogP contribution in [-0.4, -0.2) is 23.3 Å². The number of aromatic amines is 1. The van der Waals surface area contributed by atoms with Crippen molar-refractivity contribution in [3.63, 3.8) is 0 Å². The zero-order valence-corrected chi connectivity index (χ0v) is 68.4. The van der Waals surface area contributed by atoms with E-state index in [4.69, 9.17) is 0 Å². The van der Waals surface area contributed by atoms with Crippen LogP contribution < -0.4 is 0 Å². The van der Waals surface area contributed by atoms with Crippen LogP contribution in [0.2, 0.25) is 0 Å². The van der Waals surface area contributed by atoms with E-state index in [-0.39, 0.29) is 0 Å². The monoisotopic (exact) mass is 1530 g/mol. The first-order valence-corrected chi connectivity index (χ1v) is 42.4. The van der Waals surface area contributed by atoms with Crippen molar-refractivity contribution in [2.45, 2.75) is 71.8 Å². The van der Waals surface area contributed by atoms with Crippen LogP contribution >= 0.6 is 0 Å². The molecule has 1 aliphatic heterocycles. The second-order valence-electron chi connectivity index (χ2n) is 33.8. The Labute approximate surface area is 691 Å². The molecule has 3 aliphatic rings. The Balaban J connectivity index is 0.0000000861. The Hall–Kier alpha value is -14.0. The summed E-state index contributed by atoms with van der Waals surface area (Å²) in [5.41, 5.74) is 26.1. The highest BCUT2D eigenvalue weighted by atomic mass is 15.1. The normalized spacial score (nSPS) is 14.0. The number of nitrogens with zero attached hydrogens (tertiary/aromatic N) is 4. The standard InChI is InChI=1S/2C21H15N.C19H19N.C18H15N.C18H14.C17H13N/c1-22-18-12-10-14-6-2-4-8-16(14)20(18)21-17-9-5-3-7-15(17)11-13-19(21)22;1-22-20-13-16-8-3-2-7-15(16)12-19(20)18-11-10-14-6-4-5-9-17(14)21(18)22;1-12-10-15-13-6-2-4-8-17(13)20-18-9-5-3-7-14(18)16(11-12)19(15)20;1-12-7-9-16-15(11-12)18-14-6-4-3-5-13(14)8-10-17(18)19(16)2;1-12-6-7-14-11-15-9-8-13-4-2-3-5-16(13)18(15)17(14)10-12;1-11-6-8-15-14(10-11)17-13-5-3-2-4-12(13)7-9-16(17)18-15/h2*2-13H,1H3;2,4,6,8,10-11,14,18H,3,5,7,9H2,1H3;3-11H,1-2H3;2-10H,11H2,1H3;2-10,18H,1H3. The van der Waals surface area contributed by atoms with Crippen LogP contribution in [0.4, 0.5) is 0 Å². The highest BCUT2D eigenvalue weighted by Crippen LogP contribution is 2.53. The van der Waals surface area contributed by atoms with E-state index in [9.17, 15) is 0 Å². The minimum absolute atomic E-state index is 0.711. The molecule has 119 heavy (non-hydrogen) atoms. The van der Waals surface area contributed by atoms with E-state index in [2.05, 4.69) is 418 Å². The summed E-state index contributed by atoms with van der Waals surface area (Å²) in [7, 11) is 6.48. The van der Waals surface area contributed by atoms with Gasteiger partial charge in [-0.05, 0) is 218 Å². The molecule has 0 radical (unpaired) electrons. The molecule has 27 rings (SSSR count). The lowest BCUT2D eigenvalue weighted by Gasteiger charge is -2.28. The lowest BCUT2D eigenvalue weighted by atomic mass is 9.81. The second kappa shape index (κ2) is 28.7. The van der Waals surface area contributed by atoms with Crippen molar-refractivity contribution in [1.82, 2.24) is 23.3 Å². The number of rotatable bonds is 0. The minimum atomic E-state index is 0.711. The van der Waals surface area contributed by atoms with E-state index >= 15 is 0 Å². The van der Waals surface area contributed by atoms with Crippen LogP contribution in [0.1, 0.15) is 76.6 Å². The number of aromatic nitrogens is 5. The molecular weight excluding hydrogens is 1440 g/mol. The predicted molar refractivity (Wildman–Crippen MR) is 513 cm³/mol. The maximum Gasteiger partial charge on any atom is 0.0568 e. The topological polar surface area (TPSA) is 35.5 Å². The van der Waals surface area contributed by atoms with Crippen molar-refractivity contribution in [2.24, 2.45) is 21.1 Å². The first-order chi connectivity index (χ1) is 58.4. The first kappa shape index (κ1) is 71.5. The van der Waals surface area contributed by atoms with E-state index in [1.807, 2.05) is 0 Å². The van der Waals surface area contributed by atoms with Crippen molar-refractivity contribution in [2.75, 3.05) is 0 Å². The Kier molecular flexibility index (Phi) is 17.3. The fourth-order valence-corrected chi connectivity index (χ4v) is 21.1. The average molecular weight is 1530 g/mol. The van der Waals surface area contributed by atoms with Crippen molar-refractivity contribution >= 4 is 184 Å². The molecule has 2 atom stereocenters. The first-order valence-electron chi connectivity index (χ1n) is 42.4. The molecule has 6 heterocycles. The van der Waals surface area contributed by atoms with Gasteiger partial charge in [0, 0.05) is 136 Å². The Bertz CT molecular complexity index is 8180. The van der Waals surface area contributed by atoms with Gasteiger partial charge >= 0.3 is 0 Å². The molecule has 2 unspecified atom stereocenters. The fourth-order valence-electron chi connectivity index (χ4n) is 21.1. The molecule has 5 aromatic heterocycles. The van der Waals surface area contributed by atoms with Gasteiger partial charge in [0.25, 0.3) is 0 Å². The van der Waals surface area contributed by atoms with E-state index in [0.29, 0.717) is 6.04 Å². The van der Waals surface area contributed by atoms with Crippen LogP contribution in [0.3, 0.4) is 0 Å². The molecule has 1 fully saturated rings. The third-order valence-corrected chi connectivity index (χ3v) is 26.6. The van der Waals surface area contributed by atoms with Gasteiger partial charge in [0.15, 0.2) is 0 Å². The van der Waals surface area contributed by atoms with Gasteiger partial charge in [0.05, 0.1) is 11.0 Å². The fraction of sp³-hybridized carbons (Fsp3) is 0.123. The maximum absolute atomic E-state index is 3.50. The largest absolute Gasteiger partial charge is 0.354 e. The van der Waals surface area contributed by atoms with Crippen molar-refractivity contribution in [3.05, 3.63) is 385 Å². The van der Waals surface area contributed by atoms with Crippen molar-refractivity contribution in [1.29, 1.82) is 0 Å². The molecule has 0 saturated heterocycles. The number of aryl methyl sites for hydroxylation is 7. The number of nitrogens with one attached hydrogen (secondary N) is 1. The molecular formula is C114H91N5. The Morgan fingerprint density at radius 1 is 0.261 bits per heavy atom. The number of para-hydroxylation sites is 1. The number of H-pyrrole nitrogens is 1. The zero-order chi connectivity index (χ0) is 79.8. The van der Waals surface area contributed by atoms with Gasteiger partial charge in [0.1, 0.15) is 0 Å². The lowest BCUT2D eigenvalue weighted by molar-refractivity contribution is 0.336. The van der Waals surface area contributed by atoms with Gasteiger partial charge in [-0.2, -0.15) is 0 Å². The molecule has 5 nitrogen and oxygen atoms in total. The summed E-state index contributed by atoms with van der Waals surface area (Å²) in [6, 6.07) is 126. The number of benzene rings is 19. The Morgan fingerprint density at radius 3 is 1.38 bits per heavy atom. The van der Waals surface area contributed by atoms with Crippen molar-refractivity contribution in [3.8, 4) is 11.1 Å². The molecule has 0 spiro atoms. The summed E-state index contributed by atoms with van der Waals surface area (Å²) in [6.45, 7) is 8.72. The maximum atomic E-state index is 3.50. The molecule has 572 valence electrons. The van der Waals surface area contributed by atoms with Crippen molar-refractivity contribution < 1.29 is 0 Å². The molecule has 24 aromatic rings. The van der Waals surface area contributed by atoms with Crippen LogP contribution in [0, 0.1) is 27.7 Å². The van der Waals surface area contributed by atoms with Gasteiger partial charge in [-0.15, -0.1) is 0 Å². The minimum Gasteiger partial charge on any atom is -0.354 e. The van der Waals surface area contributed by atoms with Crippen LogP contribution in [0.15, 0.2) is 346 Å². The number of hydrogen-bond acceptors (Lipinski definition) is 0. The van der Waals surface area contributed by atoms with E-state index in [1.54, 1.807) is 5.56 Å². The van der Waals surface area contributed by atoms with Crippen LogP contribution in [-0.2, 0) is 27.6 Å². The number of hydrogen-bond donors (Lipinski definition) is 1. The second-order valence-corrected chi connectivity index (χ2v) is 33.8.